The zero-order valence-electron chi connectivity index (χ0n) is 13.0. The van der Waals surface area contributed by atoms with E-state index in [1.165, 1.54) is 11.8 Å². The Kier molecular flexibility index (Phi) is 3.95. The molecule has 5 heteroatoms. The summed E-state index contributed by atoms with van der Waals surface area (Å²) in [5.41, 5.74) is 1.82. The van der Waals surface area contributed by atoms with Crippen LogP contribution >= 0.6 is 11.8 Å². The van der Waals surface area contributed by atoms with Gasteiger partial charge in [0.2, 0.25) is 0 Å². The molecule has 0 amide bonds. The third kappa shape index (κ3) is 2.99. The minimum atomic E-state index is -0.973. The molecule has 1 aliphatic heterocycles. The largest absolute Gasteiger partial charge is 0.478 e. The molecule has 0 spiro atoms. The van der Waals surface area contributed by atoms with E-state index in [0.717, 1.165) is 15.4 Å². The second-order valence-corrected chi connectivity index (χ2v) is 6.79. The van der Waals surface area contributed by atoms with E-state index in [4.69, 9.17) is 9.52 Å². The summed E-state index contributed by atoms with van der Waals surface area (Å²) in [7, 11) is 0. The number of aliphatic hydroxyl groups is 1. The van der Waals surface area contributed by atoms with Crippen LogP contribution in [0, 0.1) is 0 Å². The average Bonchev–Trinajstić information content (AvgIpc) is 3.21. The van der Waals surface area contributed by atoms with Crippen LogP contribution in [0.1, 0.15) is 27.8 Å². The van der Waals surface area contributed by atoms with E-state index in [1.54, 1.807) is 30.3 Å². The molecule has 4 rings (SSSR count). The van der Waals surface area contributed by atoms with Crippen LogP contribution in [-0.2, 0) is 0 Å². The first-order valence-electron chi connectivity index (χ1n) is 7.72. The van der Waals surface area contributed by atoms with E-state index >= 15 is 0 Å². The van der Waals surface area contributed by atoms with Gasteiger partial charge >= 0.3 is 5.97 Å². The van der Waals surface area contributed by atoms with Crippen molar-refractivity contribution < 1.29 is 19.4 Å². The standard InChI is InChI=1S/C20H14O4S/c21-19-15-6-1-2-7-17(15)25-18(19)11-14-8-9-16(24-14)12-4-3-5-13(10-12)20(22)23/h1-11,19,21H,(H,22,23). The number of carboxylic acids is 1. The molecule has 4 nitrogen and oxygen atoms in total. The van der Waals surface area contributed by atoms with E-state index in [1.807, 2.05) is 36.4 Å². The van der Waals surface area contributed by atoms with Gasteiger partial charge < -0.3 is 14.6 Å². The molecule has 0 saturated heterocycles. The lowest BCUT2D eigenvalue weighted by Crippen LogP contribution is -1.95. The maximum atomic E-state index is 11.1. The maximum Gasteiger partial charge on any atom is 0.335 e. The van der Waals surface area contributed by atoms with Crippen LogP contribution in [0.25, 0.3) is 17.4 Å². The fourth-order valence-corrected chi connectivity index (χ4v) is 3.89. The van der Waals surface area contributed by atoms with Crippen molar-refractivity contribution in [3.05, 3.63) is 82.5 Å². The number of hydrogen-bond acceptors (Lipinski definition) is 4. The minimum Gasteiger partial charge on any atom is -0.478 e. The summed E-state index contributed by atoms with van der Waals surface area (Å²) < 4.78 is 5.82. The van der Waals surface area contributed by atoms with Crippen LogP contribution in [0.3, 0.4) is 0 Å². The first kappa shape index (κ1) is 15.7. The van der Waals surface area contributed by atoms with Gasteiger partial charge in [-0.05, 0) is 42.0 Å². The number of aliphatic hydroxyl groups excluding tert-OH is 1. The quantitative estimate of drug-likeness (QED) is 0.708. The van der Waals surface area contributed by atoms with Crippen molar-refractivity contribution in [1.82, 2.24) is 0 Å². The highest BCUT2D eigenvalue weighted by Gasteiger charge is 2.26. The van der Waals surface area contributed by atoms with Crippen molar-refractivity contribution in [2.45, 2.75) is 11.0 Å². The SMILES string of the molecule is O=C(O)c1cccc(-c2ccc(C=C3Sc4ccccc4C3O)o2)c1. The van der Waals surface area contributed by atoms with Crippen molar-refractivity contribution in [1.29, 1.82) is 0 Å². The number of hydrogen-bond donors (Lipinski definition) is 2. The third-order valence-electron chi connectivity index (χ3n) is 4.02. The molecule has 0 radical (unpaired) electrons. The van der Waals surface area contributed by atoms with E-state index in [-0.39, 0.29) is 5.56 Å². The Bertz CT molecular complexity index is 987. The normalized spacial score (nSPS) is 17.6. The molecule has 124 valence electrons. The fraction of sp³-hybridized carbons (Fsp3) is 0.0500. The van der Waals surface area contributed by atoms with E-state index in [9.17, 15) is 9.90 Å². The van der Waals surface area contributed by atoms with Gasteiger partial charge in [0.15, 0.2) is 0 Å². The van der Waals surface area contributed by atoms with Crippen LogP contribution in [-0.4, -0.2) is 16.2 Å². The summed E-state index contributed by atoms with van der Waals surface area (Å²) in [5.74, 6) is 0.231. The first-order valence-corrected chi connectivity index (χ1v) is 8.53. The van der Waals surface area contributed by atoms with Crippen LogP contribution in [0.2, 0.25) is 0 Å². The molecule has 1 aromatic heterocycles. The molecule has 1 atom stereocenters. The molecular weight excluding hydrogens is 336 g/mol. The fourth-order valence-electron chi connectivity index (χ4n) is 2.78. The summed E-state index contributed by atoms with van der Waals surface area (Å²) in [6, 6.07) is 18.0. The second-order valence-electron chi connectivity index (χ2n) is 5.68. The third-order valence-corrected chi connectivity index (χ3v) is 5.18. The van der Waals surface area contributed by atoms with Crippen LogP contribution in [0.5, 0.6) is 0 Å². The summed E-state index contributed by atoms with van der Waals surface area (Å²) >= 11 is 1.52. The summed E-state index contributed by atoms with van der Waals surface area (Å²) in [5, 5.41) is 19.5. The van der Waals surface area contributed by atoms with Gasteiger partial charge in [-0.25, -0.2) is 4.79 Å². The number of carboxylic acid groups (broad SMARTS) is 1. The van der Waals surface area contributed by atoms with Crippen LogP contribution in [0.4, 0.5) is 0 Å². The van der Waals surface area contributed by atoms with Crippen molar-refractivity contribution in [2.24, 2.45) is 0 Å². The number of furan rings is 1. The number of benzene rings is 2. The number of fused-ring (bicyclic) bond motifs is 1. The van der Waals surface area contributed by atoms with E-state index < -0.39 is 12.1 Å². The topological polar surface area (TPSA) is 70.7 Å². The molecule has 2 N–H and O–H groups in total. The summed E-state index contributed by atoms with van der Waals surface area (Å²) in [6.45, 7) is 0. The number of aromatic carboxylic acids is 1. The molecule has 0 bridgehead atoms. The number of rotatable bonds is 3. The van der Waals surface area contributed by atoms with Gasteiger partial charge in [-0.3, -0.25) is 0 Å². The zero-order chi connectivity index (χ0) is 17.4. The van der Waals surface area contributed by atoms with Crippen molar-refractivity contribution >= 4 is 23.8 Å². The molecule has 1 unspecified atom stereocenters. The zero-order valence-corrected chi connectivity index (χ0v) is 13.9. The Morgan fingerprint density at radius 2 is 1.92 bits per heavy atom. The molecule has 1 aliphatic rings. The van der Waals surface area contributed by atoms with Crippen molar-refractivity contribution in [3.8, 4) is 11.3 Å². The predicted molar refractivity (Wildman–Crippen MR) is 96.3 cm³/mol. The lowest BCUT2D eigenvalue weighted by molar-refractivity contribution is 0.0697. The lowest BCUT2D eigenvalue weighted by Gasteiger charge is -2.03. The first-order chi connectivity index (χ1) is 12.1. The Morgan fingerprint density at radius 3 is 2.72 bits per heavy atom. The molecule has 2 heterocycles. The minimum absolute atomic E-state index is 0.214. The van der Waals surface area contributed by atoms with Crippen LogP contribution in [0.15, 0.2) is 74.9 Å². The van der Waals surface area contributed by atoms with Gasteiger partial charge in [0, 0.05) is 15.4 Å². The Morgan fingerprint density at radius 1 is 1.08 bits per heavy atom. The molecule has 3 aromatic rings. The smallest absolute Gasteiger partial charge is 0.335 e. The highest BCUT2D eigenvalue weighted by molar-refractivity contribution is 8.03. The monoisotopic (exact) mass is 350 g/mol. The summed E-state index contributed by atoms with van der Waals surface area (Å²) in [6.07, 6.45) is 1.17. The van der Waals surface area contributed by atoms with Gasteiger partial charge in [0.25, 0.3) is 0 Å². The van der Waals surface area contributed by atoms with Crippen molar-refractivity contribution in [3.63, 3.8) is 0 Å². The maximum absolute atomic E-state index is 11.1. The highest BCUT2D eigenvalue weighted by atomic mass is 32.2. The molecule has 0 fully saturated rings. The van der Waals surface area contributed by atoms with Gasteiger partial charge in [-0.1, -0.05) is 42.1 Å². The lowest BCUT2D eigenvalue weighted by atomic mass is 10.1. The summed E-state index contributed by atoms with van der Waals surface area (Å²) in [4.78, 5) is 12.9. The predicted octanol–water partition coefficient (Wildman–Crippen LogP) is 4.83. The van der Waals surface area contributed by atoms with Crippen LogP contribution < -0.4 is 0 Å². The molecular formula is C20H14O4S. The van der Waals surface area contributed by atoms with Gasteiger partial charge in [-0.15, -0.1) is 0 Å². The van der Waals surface area contributed by atoms with Gasteiger partial charge in [0.05, 0.1) is 5.56 Å². The Labute approximate surface area is 148 Å². The molecule has 0 aliphatic carbocycles. The van der Waals surface area contributed by atoms with Gasteiger partial charge in [0.1, 0.15) is 17.6 Å². The number of thioether (sulfide) groups is 1. The number of carbonyl (C=O) groups is 1. The molecule has 25 heavy (non-hydrogen) atoms. The Hall–Kier alpha value is -2.76. The Balaban J connectivity index is 1.63. The second kappa shape index (κ2) is 6.27. The molecule has 0 saturated carbocycles. The van der Waals surface area contributed by atoms with E-state index in [0.29, 0.717) is 17.1 Å². The van der Waals surface area contributed by atoms with Crippen molar-refractivity contribution in [2.75, 3.05) is 0 Å². The average molecular weight is 350 g/mol. The van der Waals surface area contributed by atoms with Gasteiger partial charge in [-0.2, -0.15) is 0 Å². The highest BCUT2D eigenvalue weighted by Crippen LogP contribution is 2.47. The van der Waals surface area contributed by atoms with E-state index in [2.05, 4.69) is 0 Å². The molecule has 2 aromatic carbocycles.